The first kappa shape index (κ1) is 11.3. The zero-order valence-electron chi connectivity index (χ0n) is 7.62. The van der Waals surface area contributed by atoms with E-state index in [-0.39, 0.29) is 5.52 Å². The Bertz CT molecular complexity index is 639. The molecule has 4 nitrogen and oxygen atoms in total. The van der Waals surface area contributed by atoms with Crippen molar-refractivity contribution in [1.82, 2.24) is 9.97 Å². The van der Waals surface area contributed by atoms with Gasteiger partial charge in [-0.25, -0.2) is 22.2 Å². The van der Waals surface area contributed by atoms with Gasteiger partial charge < -0.3 is 4.98 Å². The number of nitrogens with zero attached hydrogens (tertiary/aromatic N) is 1. The maximum absolute atomic E-state index is 12.8. The second-order valence-electron chi connectivity index (χ2n) is 3.01. The van der Waals surface area contributed by atoms with Gasteiger partial charge in [-0.3, -0.25) is 0 Å². The van der Waals surface area contributed by atoms with Crippen LogP contribution in [0.1, 0.15) is 12.0 Å². The molecule has 1 N–H and O–H groups in total. The molecule has 0 unspecified atom stereocenters. The minimum absolute atomic E-state index is 0.0864. The number of nitrogens with one attached hydrogen (secondary N) is 1. The molecule has 0 bridgehead atoms. The lowest BCUT2D eigenvalue weighted by Gasteiger charge is -2.06. The third kappa shape index (κ3) is 1.76. The SMILES string of the molecule is O=S(=O)(Cl)c1ccc2[nH]cnc2c1C(F)F. The van der Waals surface area contributed by atoms with Crippen LogP contribution in [-0.2, 0) is 9.05 Å². The van der Waals surface area contributed by atoms with Gasteiger partial charge in [0.2, 0.25) is 0 Å². The summed E-state index contributed by atoms with van der Waals surface area (Å²) in [6, 6.07) is 2.37. The predicted octanol–water partition coefficient (Wildman–Crippen LogP) is 2.43. The molecule has 0 fully saturated rings. The van der Waals surface area contributed by atoms with Crippen LogP contribution in [-0.4, -0.2) is 18.4 Å². The number of fused-ring (bicyclic) bond motifs is 1. The van der Waals surface area contributed by atoms with E-state index in [1.165, 1.54) is 12.4 Å². The number of hydrogen-bond donors (Lipinski definition) is 1. The van der Waals surface area contributed by atoms with Gasteiger partial charge in [0.15, 0.2) is 0 Å². The Morgan fingerprint density at radius 2 is 2.06 bits per heavy atom. The number of alkyl halides is 2. The summed E-state index contributed by atoms with van der Waals surface area (Å²) in [5.41, 5.74) is -0.426. The molecule has 0 aliphatic heterocycles. The number of aromatic amines is 1. The second-order valence-corrected chi connectivity index (χ2v) is 5.55. The molecule has 1 heterocycles. The predicted molar refractivity (Wildman–Crippen MR) is 54.1 cm³/mol. The van der Waals surface area contributed by atoms with E-state index >= 15 is 0 Å². The van der Waals surface area contributed by atoms with Gasteiger partial charge in [0.05, 0.1) is 27.8 Å². The van der Waals surface area contributed by atoms with Crippen LogP contribution in [0.2, 0.25) is 0 Å². The molecule has 86 valence electrons. The molecule has 2 aromatic rings. The summed E-state index contributed by atoms with van der Waals surface area (Å²) in [6.07, 6.45) is -1.75. The highest BCUT2D eigenvalue weighted by atomic mass is 35.7. The maximum atomic E-state index is 12.8. The fourth-order valence-electron chi connectivity index (χ4n) is 1.43. The lowest BCUT2D eigenvalue weighted by Crippen LogP contribution is -1.99. The average molecular weight is 267 g/mol. The molecule has 1 aromatic carbocycles. The van der Waals surface area contributed by atoms with Crippen LogP contribution in [0.4, 0.5) is 8.78 Å². The third-order valence-corrected chi connectivity index (χ3v) is 3.45. The zero-order chi connectivity index (χ0) is 11.9. The summed E-state index contributed by atoms with van der Waals surface area (Å²) in [6.45, 7) is 0. The topological polar surface area (TPSA) is 62.8 Å². The quantitative estimate of drug-likeness (QED) is 0.849. The minimum atomic E-state index is -4.21. The Labute approximate surface area is 93.7 Å². The van der Waals surface area contributed by atoms with E-state index in [0.717, 1.165) is 6.07 Å². The van der Waals surface area contributed by atoms with Crippen molar-refractivity contribution in [3.63, 3.8) is 0 Å². The van der Waals surface area contributed by atoms with Crippen molar-refractivity contribution in [3.05, 3.63) is 24.0 Å². The summed E-state index contributed by atoms with van der Waals surface area (Å²) >= 11 is 0. The number of halogens is 3. The van der Waals surface area contributed by atoms with Gasteiger partial charge in [0.25, 0.3) is 15.5 Å². The molecular formula is C8H5ClF2N2O2S. The van der Waals surface area contributed by atoms with Crippen LogP contribution in [0.25, 0.3) is 11.0 Å². The molecule has 16 heavy (non-hydrogen) atoms. The van der Waals surface area contributed by atoms with E-state index in [4.69, 9.17) is 10.7 Å². The molecular weight excluding hydrogens is 262 g/mol. The van der Waals surface area contributed by atoms with Gasteiger partial charge in [0, 0.05) is 10.7 Å². The normalized spacial score (nSPS) is 12.5. The molecule has 0 amide bonds. The highest BCUT2D eigenvalue weighted by Gasteiger charge is 2.25. The average Bonchev–Trinajstić information content (AvgIpc) is 2.61. The fraction of sp³-hybridized carbons (Fsp3) is 0.125. The van der Waals surface area contributed by atoms with Gasteiger partial charge >= 0.3 is 0 Å². The number of aromatic nitrogens is 2. The Morgan fingerprint density at radius 3 is 2.62 bits per heavy atom. The maximum Gasteiger partial charge on any atom is 0.267 e. The first-order valence-corrected chi connectivity index (χ1v) is 6.41. The number of rotatable bonds is 2. The van der Waals surface area contributed by atoms with Crippen molar-refractivity contribution in [2.24, 2.45) is 0 Å². The Balaban J connectivity index is 2.90. The Kier molecular flexibility index (Phi) is 2.59. The standard InChI is InChI=1S/C8H5ClF2N2O2S/c9-16(14,15)5-2-1-4-7(13-3-12-4)6(5)8(10)11/h1-3,8H,(H,12,13). The van der Waals surface area contributed by atoms with E-state index in [0.29, 0.717) is 5.52 Å². The third-order valence-electron chi connectivity index (χ3n) is 2.07. The van der Waals surface area contributed by atoms with Crippen LogP contribution in [0.5, 0.6) is 0 Å². The summed E-state index contributed by atoms with van der Waals surface area (Å²) in [5.74, 6) is 0. The van der Waals surface area contributed by atoms with Crippen LogP contribution in [0.15, 0.2) is 23.4 Å². The lowest BCUT2D eigenvalue weighted by atomic mass is 10.2. The van der Waals surface area contributed by atoms with Gasteiger partial charge in [-0.05, 0) is 12.1 Å². The van der Waals surface area contributed by atoms with Gasteiger partial charge in [-0.15, -0.1) is 0 Å². The van der Waals surface area contributed by atoms with E-state index in [9.17, 15) is 17.2 Å². The molecule has 0 aliphatic rings. The molecule has 0 spiro atoms. The fourth-order valence-corrected chi connectivity index (χ4v) is 2.52. The summed E-state index contributed by atoms with van der Waals surface area (Å²) in [4.78, 5) is 5.66. The smallest absolute Gasteiger partial charge is 0.267 e. The molecule has 0 saturated heterocycles. The molecule has 8 heteroatoms. The largest absolute Gasteiger partial charge is 0.345 e. The second kappa shape index (κ2) is 3.67. The van der Waals surface area contributed by atoms with Crippen molar-refractivity contribution < 1.29 is 17.2 Å². The first-order valence-electron chi connectivity index (χ1n) is 4.10. The lowest BCUT2D eigenvalue weighted by molar-refractivity contribution is 0.149. The zero-order valence-corrected chi connectivity index (χ0v) is 9.19. The van der Waals surface area contributed by atoms with Crippen LogP contribution in [0, 0.1) is 0 Å². The van der Waals surface area contributed by atoms with E-state index in [2.05, 4.69) is 9.97 Å². The van der Waals surface area contributed by atoms with Gasteiger partial charge in [-0.2, -0.15) is 0 Å². The van der Waals surface area contributed by atoms with Crippen molar-refractivity contribution in [2.45, 2.75) is 11.3 Å². The van der Waals surface area contributed by atoms with Gasteiger partial charge in [0.1, 0.15) is 0 Å². The van der Waals surface area contributed by atoms with Gasteiger partial charge in [-0.1, -0.05) is 0 Å². The number of imidazole rings is 1. The molecule has 0 atom stereocenters. The van der Waals surface area contributed by atoms with E-state index < -0.39 is 25.9 Å². The summed E-state index contributed by atoms with van der Waals surface area (Å²) in [7, 11) is 0.867. The number of H-pyrrole nitrogens is 1. The monoisotopic (exact) mass is 266 g/mol. The molecule has 1 aromatic heterocycles. The highest BCUT2D eigenvalue weighted by molar-refractivity contribution is 8.13. The number of hydrogen-bond acceptors (Lipinski definition) is 3. The Morgan fingerprint density at radius 1 is 1.38 bits per heavy atom. The molecule has 2 rings (SSSR count). The van der Waals surface area contributed by atoms with E-state index in [1.807, 2.05) is 0 Å². The van der Waals surface area contributed by atoms with Crippen LogP contribution >= 0.6 is 10.7 Å². The minimum Gasteiger partial charge on any atom is -0.345 e. The van der Waals surface area contributed by atoms with Crippen LogP contribution < -0.4 is 0 Å². The summed E-state index contributed by atoms with van der Waals surface area (Å²) < 4.78 is 47.8. The highest BCUT2D eigenvalue weighted by Crippen LogP contribution is 2.33. The Hall–Kier alpha value is -1.21. The molecule has 0 saturated carbocycles. The number of benzene rings is 1. The van der Waals surface area contributed by atoms with Crippen molar-refractivity contribution in [2.75, 3.05) is 0 Å². The molecule has 0 aliphatic carbocycles. The van der Waals surface area contributed by atoms with Crippen molar-refractivity contribution in [1.29, 1.82) is 0 Å². The van der Waals surface area contributed by atoms with Crippen molar-refractivity contribution in [3.8, 4) is 0 Å². The molecule has 0 radical (unpaired) electrons. The summed E-state index contributed by atoms with van der Waals surface area (Å²) in [5, 5.41) is 0. The van der Waals surface area contributed by atoms with E-state index in [1.54, 1.807) is 0 Å². The first-order chi connectivity index (χ1) is 7.41. The van der Waals surface area contributed by atoms with Crippen LogP contribution in [0.3, 0.4) is 0 Å². The van der Waals surface area contributed by atoms with Crippen molar-refractivity contribution >= 4 is 30.8 Å².